The fourth-order valence-electron chi connectivity index (χ4n) is 6.90. The lowest BCUT2D eigenvalue weighted by molar-refractivity contribution is -0.122. The molecule has 1 N–H and O–H groups in total. The number of nitrogens with zero attached hydrogens (tertiary/aromatic N) is 1. The van der Waals surface area contributed by atoms with Crippen LogP contribution in [0, 0.1) is 5.92 Å². The zero-order valence-corrected chi connectivity index (χ0v) is 21.8. The van der Waals surface area contributed by atoms with Crippen molar-refractivity contribution in [3.05, 3.63) is 137 Å². The second kappa shape index (κ2) is 9.06. The number of hydrogen-bond acceptors (Lipinski definition) is 5. The normalized spacial score (nSPS) is 23.8. The molecule has 7 rings (SSSR count). The van der Waals surface area contributed by atoms with Crippen LogP contribution in [0.5, 0.6) is 5.75 Å². The predicted octanol–water partition coefficient (Wildman–Crippen LogP) is 5.68. The molecule has 0 aliphatic carbocycles. The molecule has 6 nitrogen and oxygen atoms in total. The highest BCUT2D eigenvalue weighted by atomic mass is 16.5. The summed E-state index contributed by atoms with van der Waals surface area (Å²) in [5, 5.41) is 3.07. The first-order valence-electron chi connectivity index (χ1n) is 13.3. The Morgan fingerprint density at radius 2 is 1.55 bits per heavy atom. The van der Waals surface area contributed by atoms with Crippen molar-refractivity contribution in [2.24, 2.45) is 5.92 Å². The number of ketones is 2. The molecule has 0 aromatic heterocycles. The molecule has 0 saturated carbocycles. The van der Waals surface area contributed by atoms with Gasteiger partial charge in [0.2, 0.25) is 5.91 Å². The van der Waals surface area contributed by atoms with Gasteiger partial charge in [0.25, 0.3) is 0 Å². The maximum Gasteiger partial charge on any atom is 0.238 e. The lowest BCUT2D eigenvalue weighted by Crippen LogP contribution is -2.49. The number of fused-ring (bicyclic) bond motifs is 6. The highest BCUT2D eigenvalue weighted by Gasteiger charge is 2.70. The van der Waals surface area contributed by atoms with Crippen molar-refractivity contribution in [2.75, 3.05) is 12.4 Å². The van der Waals surface area contributed by atoms with E-state index in [9.17, 15) is 14.4 Å². The second-order valence-electron chi connectivity index (χ2n) is 10.4. The van der Waals surface area contributed by atoms with Gasteiger partial charge in [-0.25, -0.2) is 0 Å². The second-order valence-corrected chi connectivity index (χ2v) is 10.4. The largest absolute Gasteiger partial charge is 0.497 e. The van der Waals surface area contributed by atoms with Gasteiger partial charge in [0, 0.05) is 23.0 Å². The number of hydrogen-bond donors (Lipinski definition) is 1. The molecular formula is C34H26N2O4. The summed E-state index contributed by atoms with van der Waals surface area (Å²) in [5.74, 6) is -1.21. The molecule has 1 amide bonds. The fourth-order valence-corrected chi connectivity index (χ4v) is 6.90. The molecule has 1 fully saturated rings. The van der Waals surface area contributed by atoms with E-state index in [0.717, 1.165) is 16.7 Å². The number of Topliss-reactive ketones (excluding diaryl/α,β-unsaturated/α-hetero) is 2. The van der Waals surface area contributed by atoms with E-state index in [0.29, 0.717) is 22.6 Å². The summed E-state index contributed by atoms with van der Waals surface area (Å²) in [6, 6.07) is 29.8. The van der Waals surface area contributed by atoms with E-state index in [-0.39, 0.29) is 17.5 Å². The zero-order valence-electron chi connectivity index (χ0n) is 21.8. The minimum atomic E-state index is -1.34. The summed E-state index contributed by atoms with van der Waals surface area (Å²) in [7, 11) is 1.55. The third kappa shape index (κ3) is 3.26. The molecule has 1 spiro atoms. The Hall–Kier alpha value is -4.97. The summed E-state index contributed by atoms with van der Waals surface area (Å²) < 4.78 is 5.41. The Labute approximate surface area is 231 Å². The molecule has 0 radical (unpaired) electrons. The smallest absolute Gasteiger partial charge is 0.238 e. The van der Waals surface area contributed by atoms with Gasteiger partial charge in [-0.15, -0.1) is 0 Å². The van der Waals surface area contributed by atoms with E-state index >= 15 is 0 Å². The third-order valence-corrected chi connectivity index (χ3v) is 8.53. The first-order chi connectivity index (χ1) is 19.6. The molecule has 196 valence electrons. The Morgan fingerprint density at radius 3 is 2.38 bits per heavy atom. The summed E-state index contributed by atoms with van der Waals surface area (Å²) in [4.78, 5) is 45.6. The Balaban J connectivity index is 1.54. The maximum atomic E-state index is 14.7. The molecule has 4 aromatic rings. The SMILES string of the molecule is COc1cccc(C(=O)C2C(C(=O)c3ccccc3)C3(C(=O)Nc4ccccc43)C3c4ccccc4C=CN23)c1. The van der Waals surface area contributed by atoms with E-state index in [2.05, 4.69) is 5.32 Å². The molecular weight excluding hydrogens is 500 g/mol. The van der Waals surface area contributed by atoms with Crippen LogP contribution in [0.4, 0.5) is 5.69 Å². The minimum absolute atomic E-state index is 0.240. The van der Waals surface area contributed by atoms with E-state index in [1.54, 1.807) is 55.6 Å². The molecule has 6 heteroatoms. The Bertz CT molecular complexity index is 1710. The van der Waals surface area contributed by atoms with E-state index in [4.69, 9.17) is 4.74 Å². The average molecular weight is 527 g/mol. The predicted molar refractivity (Wildman–Crippen MR) is 152 cm³/mol. The number of methoxy groups -OCH3 is 1. The van der Waals surface area contributed by atoms with Crippen molar-refractivity contribution in [1.29, 1.82) is 0 Å². The van der Waals surface area contributed by atoms with Crippen molar-refractivity contribution in [1.82, 2.24) is 4.90 Å². The van der Waals surface area contributed by atoms with Crippen LogP contribution in [0.3, 0.4) is 0 Å². The van der Waals surface area contributed by atoms with Gasteiger partial charge in [0.15, 0.2) is 11.6 Å². The molecule has 4 unspecified atom stereocenters. The average Bonchev–Trinajstić information content (AvgIpc) is 3.49. The van der Waals surface area contributed by atoms with Gasteiger partial charge in [0.1, 0.15) is 17.2 Å². The number of rotatable bonds is 5. The zero-order chi connectivity index (χ0) is 27.4. The quantitative estimate of drug-likeness (QED) is 0.339. The summed E-state index contributed by atoms with van der Waals surface area (Å²) in [6.07, 6.45) is 3.84. The highest BCUT2D eigenvalue weighted by Crippen LogP contribution is 2.62. The van der Waals surface area contributed by atoms with Crippen LogP contribution in [0.25, 0.3) is 6.08 Å². The van der Waals surface area contributed by atoms with Crippen LogP contribution in [0.1, 0.15) is 43.4 Å². The van der Waals surface area contributed by atoms with Crippen LogP contribution >= 0.6 is 0 Å². The lowest BCUT2D eigenvalue weighted by atomic mass is 9.62. The van der Waals surface area contributed by atoms with E-state index < -0.39 is 23.4 Å². The van der Waals surface area contributed by atoms with Crippen molar-refractivity contribution >= 4 is 29.2 Å². The van der Waals surface area contributed by atoms with Gasteiger partial charge in [-0.3, -0.25) is 14.4 Å². The topological polar surface area (TPSA) is 75.7 Å². The highest BCUT2D eigenvalue weighted by molar-refractivity contribution is 6.16. The number of amides is 1. The van der Waals surface area contributed by atoms with Crippen LogP contribution < -0.4 is 10.1 Å². The number of carbonyl (C=O) groups excluding carboxylic acids is 3. The number of carbonyl (C=O) groups is 3. The first-order valence-corrected chi connectivity index (χ1v) is 13.3. The van der Waals surface area contributed by atoms with Crippen molar-refractivity contribution in [3.8, 4) is 5.75 Å². The lowest BCUT2D eigenvalue weighted by Gasteiger charge is -2.38. The number of benzene rings is 4. The van der Waals surface area contributed by atoms with Gasteiger partial charge in [0.05, 0.1) is 19.1 Å². The molecule has 0 bridgehead atoms. The van der Waals surface area contributed by atoms with Crippen LogP contribution in [0.15, 0.2) is 109 Å². The maximum absolute atomic E-state index is 14.7. The monoisotopic (exact) mass is 526 g/mol. The summed E-state index contributed by atoms with van der Waals surface area (Å²) in [5.41, 5.74) is 2.80. The number of nitrogens with one attached hydrogen (secondary N) is 1. The fraction of sp³-hybridized carbons (Fsp3) is 0.147. The van der Waals surface area contributed by atoms with Gasteiger partial charge in [-0.1, -0.05) is 84.9 Å². The van der Waals surface area contributed by atoms with Gasteiger partial charge in [-0.2, -0.15) is 0 Å². The molecule has 4 atom stereocenters. The van der Waals surface area contributed by atoms with Crippen molar-refractivity contribution in [2.45, 2.75) is 17.5 Å². The summed E-state index contributed by atoms with van der Waals surface area (Å²) >= 11 is 0. The standard InChI is InChI=1S/C34H26N2O4/c1-40-24-14-9-13-23(20-24)31(38)29-28(30(37)22-11-3-2-4-12-22)34(26-16-7-8-17-27(26)35-33(34)39)32-25-15-6-5-10-21(25)18-19-36(29)32/h2-20,28-29,32H,1H3,(H,35,39). The molecule has 1 saturated heterocycles. The molecule has 3 aliphatic rings. The van der Waals surface area contributed by atoms with Gasteiger partial charge < -0.3 is 15.0 Å². The Morgan fingerprint density at radius 1 is 0.825 bits per heavy atom. The number of para-hydroxylation sites is 1. The minimum Gasteiger partial charge on any atom is -0.497 e. The number of ether oxygens (including phenoxy) is 1. The first kappa shape index (κ1) is 24.1. The van der Waals surface area contributed by atoms with Crippen molar-refractivity contribution in [3.63, 3.8) is 0 Å². The number of anilines is 1. The van der Waals surface area contributed by atoms with E-state index in [1.165, 1.54) is 0 Å². The van der Waals surface area contributed by atoms with Crippen LogP contribution in [-0.2, 0) is 10.2 Å². The van der Waals surface area contributed by atoms with Crippen molar-refractivity contribution < 1.29 is 19.1 Å². The molecule has 3 heterocycles. The van der Waals surface area contributed by atoms with Gasteiger partial charge in [-0.05, 0) is 41.0 Å². The third-order valence-electron chi connectivity index (χ3n) is 8.53. The Kier molecular flexibility index (Phi) is 5.46. The van der Waals surface area contributed by atoms with Gasteiger partial charge >= 0.3 is 0 Å². The summed E-state index contributed by atoms with van der Waals surface area (Å²) in [6.45, 7) is 0. The van der Waals surface area contributed by atoms with Crippen LogP contribution in [-0.4, -0.2) is 35.5 Å². The van der Waals surface area contributed by atoms with E-state index in [1.807, 2.05) is 71.8 Å². The molecule has 40 heavy (non-hydrogen) atoms. The van der Waals surface area contributed by atoms with Crippen LogP contribution in [0.2, 0.25) is 0 Å². The molecule has 4 aromatic carbocycles. The molecule has 3 aliphatic heterocycles.